The number of aryl methyl sites for hydroxylation is 1. The summed E-state index contributed by atoms with van der Waals surface area (Å²) in [7, 11) is 1.96. The van der Waals surface area contributed by atoms with Crippen LogP contribution in [-0.4, -0.2) is 37.5 Å². The first-order chi connectivity index (χ1) is 9.61. The monoisotopic (exact) mass is 278 g/mol. The van der Waals surface area contributed by atoms with Gasteiger partial charge in [-0.25, -0.2) is 4.39 Å². The highest BCUT2D eigenvalue weighted by molar-refractivity contribution is 5.94. The van der Waals surface area contributed by atoms with Crippen LogP contribution in [0.1, 0.15) is 35.2 Å². The molecule has 0 bridgehead atoms. The van der Waals surface area contributed by atoms with E-state index in [-0.39, 0.29) is 11.5 Å². The topological polar surface area (TPSA) is 32.3 Å². The van der Waals surface area contributed by atoms with E-state index in [0.717, 1.165) is 44.5 Å². The highest BCUT2D eigenvalue weighted by atomic mass is 19.1. The van der Waals surface area contributed by atoms with Crippen LogP contribution in [0.2, 0.25) is 0 Å². The van der Waals surface area contributed by atoms with Crippen LogP contribution < -0.4 is 5.32 Å². The van der Waals surface area contributed by atoms with E-state index in [1.807, 2.05) is 14.0 Å². The van der Waals surface area contributed by atoms with Crippen LogP contribution in [0, 0.1) is 18.7 Å². The molecule has 1 aromatic carbocycles. The molecule has 0 radical (unpaired) electrons. The van der Waals surface area contributed by atoms with Crippen molar-refractivity contribution in [3.63, 3.8) is 0 Å². The fourth-order valence-corrected chi connectivity index (χ4v) is 2.74. The van der Waals surface area contributed by atoms with Crippen molar-refractivity contribution in [1.82, 2.24) is 10.2 Å². The largest absolute Gasteiger partial charge is 0.339 e. The number of rotatable bonds is 4. The molecule has 0 spiro atoms. The van der Waals surface area contributed by atoms with E-state index < -0.39 is 5.82 Å². The average molecular weight is 278 g/mol. The second-order valence-electron chi connectivity index (χ2n) is 5.61. The van der Waals surface area contributed by atoms with Crippen LogP contribution in [0.15, 0.2) is 18.2 Å². The van der Waals surface area contributed by atoms with Crippen molar-refractivity contribution < 1.29 is 9.18 Å². The lowest BCUT2D eigenvalue weighted by Crippen LogP contribution is -2.39. The molecule has 0 unspecified atom stereocenters. The maximum absolute atomic E-state index is 13.8. The van der Waals surface area contributed by atoms with Gasteiger partial charge < -0.3 is 10.2 Å². The molecule has 0 aromatic heterocycles. The first-order valence-corrected chi connectivity index (χ1v) is 7.32. The van der Waals surface area contributed by atoms with Gasteiger partial charge in [-0.2, -0.15) is 0 Å². The summed E-state index contributed by atoms with van der Waals surface area (Å²) >= 11 is 0. The average Bonchev–Trinajstić information content (AvgIpc) is 2.45. The lowest BCUT2D eigenvalue weighted by molar-refractivity contribution is 0.0682. The Morgan fingerprint density at radius 1 is 1.40 bits per heavy atom. The van der Waals surface area contributed by atoms with Gasteiger partial charge in [-0.3, -0.25) is 4.79 Å². The standard InChI is InChI=1S/C16H23FN2O/c1-12-3-4-14(15(17)11-12)16(20)19-9-6-13(7-10-19)5-8-18-2/h3-4,11,13,18H,5-10H2,1-2H3. The number of likely N-dealkylation sites (tertiary alicyclic amines) is 1. The minimum atomic E-state index is -0.410. The molecule has 1 aromatic rings. The molecular formula is C16H23FN2O. The van der Waals surface area contributed by atoms with E-state index in [2.05, 4.69) is 5.32 Å². The summed E-state index contributed by atoms with van der Waals surface area (Å²) in [5.74, 6) is 0.0937. The lowest BCUT2D eigenvalue weighted by Gasteiger charge is -2.32. The van der Waals surface area contributed by atoms with Crippen molar-refractivity contribution in [3.8, 4) is 0 Å². The van der Waals surface area contributed by atoms with Crippen molar-refractivity contribution in [1.29, 1.82) is 0 Å². The van der Waals surface area contributed by atoms with E-state index in [9.17, 15) is 9.18 Å². The number of benzene rings is 1. The van der Waals surface area contributed by atoms with Crippen LogP contribution >= 0.6 is 0 Å². The predicted molar refractivity (Wildman–Crippen MR) is 78.3 cm³/mol. The summed E-state index contributed by atoms with van der Waals surface area (Å²) < 4.78 is 13.8. The maximum atomic E-state index is 13.8. The summed E-state index contributed by atoms with van der Waals surface area (Å²) in [6, 6.07) is 4.81. The zero-order chi connectivity index (χ0) is 14.5. The smallest absolute Gasteiger partial charge is 0.256 e. The Morgan fingerprint density at radius 3 is 2.70 bits per heavy atom. The van der Waals surface area contributed by atoms with Crippen LogP contribution in [0.5, 0.6) is 0 Å². The number of hydrogen-bond acceptors (Lipinski definition) is 2. The zero-order valence-electron chi connectivity index (χ0n) is 12.3. The van der Waals surface area contributed by atoms with Crippen LogP contribution in [-0.2, 0) is 0 Å². The van der Waals surface area contributed by atoms with Gasteiger partial charge in [-0.05, 0) is 63.4 Å². The van der Waals surface area contributed by atoms with Gasteiger partial charge in [-0.1, -0.05) is 6.07 Å². The van der Waals surface area contributed by atoms with Gasteiger partial charge in [0.2, 0.25) is 0 Å². The third kappa shape index (κ3) is 3.57. The molecule has 1 saturated heterocycles. The van der Waals surface area contributed by atoms with Gasteiger partial charge in [0.15, 0.2) is 0 Å². The summed E-state index contributed by atoms with van der Waals surface area (Å²) in [6.07, 6.45) is 3.18. The molecule has 1 N–H and O–H groups in total. The Morgan fingerprint density at radius 2 is 2.10 bits per heavy atom. The fourth-order valence-electron chi connectivity index (χ4n) is 2.74. The normalized spacial score (nSPS) is 16.4. The minimum Gasteiger partial charge on any atom is -0.339 e. The Balaban J connectivity index is 1.94. The molecule has 110 valence electrons. The first kappa shape index (κ1) is 15.0. The number of amides is 1. The Labute approximate surface area is 120 Å². The molecule has 1 aliphatic rings. The van der Waals surface area contributed by atoms with E-state index >= 15 is 0 Å². The molecule has 1 fully saturated rings. The third-order valence-corrected chi connectivity index (χ3v) is 4.06. The number of nitrogens with zero attached hydrogens (tertiary/aromatic N) is 1. The molecular weight excluding hydrogens is 255 g/mol. The van der Waals surface area contributed by atoms with Gasteiger partial charge in [-0.15, -0.1) is 0 Å². The van der Waals surface area contributed by atoms with Gasteiger partial charge >= 0.3 is 0 Å². The molecule has 0 atom stereocenters. The van der Waals surface area contributed by atoms with Crippen molar-refractivity contribution in [3.05, 3.63) is 35.1 Å². The molecule has 20 heavy (non-hydrogen) atoms. The van der Waals surface area contributed by atoms with Crippen molar-refractivity contribution in [2.24, 2.45) is 5.92 Å². The van der Waals surface area contributed by atoms with Crippen molar-refractivity contribution in [2.75, 3.05) is 26.7 Å². The summed E-state index contributed by atoms with van der Waals surface area (Å²) in [5, 5.41) is 3.16. The molecule has 0 aliphatic carbocycles. The quantitative estimate of drug-likeness (QED) is 0.918. The summed E-state index contributed by atoms with van der Waals surface area (Å²) in [5.41, 5.74) is 1.04. The second-order valence-corrected chi connectivity index (χ2v) is 5.61. The fraction of sp³-hybridized carbons (Fsp3) is 0.562. The van der Waals surface area contributed by atoms with Gasteiger partial charge in [0.25, 0.3) is 5.91 Å². The van der Waals surface area contributed by atoms with E-state index in [0.29, 0.717) is 5.92 Å². The Bertz CT molecular complexity index is 468. The van der Waals surface area contributed by atoms with Gasteiger partial charge in [0.1, 0.15) is 5.82 Å². The maximum Gasteiger partial charge on any atom is 0.256 e. The number of carbonyl (C=O) groups excluding carboxylic acids is 1. The number of hydrogen-bond donors (Lipinski definition) is 1. The molecule has 1 amide bonds. The molecule has 2 rings (SSSR count). The highest BCUT2D eigenvalue weighted by Crippen LogP contribution is 2.22. The lowest BCUT2D eigenvalue weighted by atomic mass is 9.93. The second kappa shape index (κ2) is 6.84. The van der Waals surface area contributed by atoms with Crippen LogP contribution in [0.3, 0.4) is 0 Å². The Kier molecular flexibility index (Phi) is 5.12. The molecule has 1 aliphatic heterocycles. The molecule has 4 heteroatoms. The molecule has 3 nitrogen and oxygen atoms in total. The van der Waals surface area contributed by atoms with E-state index in [4.69, 9.17) is 0 Å². The summed E-state index contributed by atoms with van der Waals surface area (Å²) in [6.45, 7) is 4.32. The highest BCUT2D eigenvalue weighted by Gasteiger charge is 2.24. The van der Waals surface area contributed by atoms with E-state index in [1.165, 1.54) is 6.07 Å². The van der Waals surface area contributed by atoms with E-state index in [1.54, 1.807) is 17.0 Å². The summed E-state index contributed by atoms with van der Waals surface area (Å²) in [4.78, 5) is 14.1. The predicted octanol–water partition coefficient (Wildman–Crippen LogP) is 2.60. The van der Waals surface area contributed by atoms with Gasteiger partial charge in [0, 0.05) is 13.1 Å². The zero-order valence-corrected chi connectivity index (χ0v) is 12.3. The van der Waals surface area contributed by atoms with Crippen molar-refractivity contribution in [2.45, 2.75) is 26.2 Å². The number of piperidine rings is 1. The molecule has 0 saturated carbocycles. The first-order valence-electron chi connectivity index (χ1n) is 7.32. The van der Waals surface area contributed by atoms with Crippen LogP contribution in [0.4, 0.5) is 4.39 Å². The van der Waals surface area contributed by atoms with Crippen LogP contribution in [0.25, 0.3) is 0 Å². The SMILES string of the molecule is CNCCC1CCN(C(=O)c2ccc(C)cc2F)CC1. The third-order valence-electron chi connectivity index (χ3n) is 4.06. The minimum absolute atomic E-state index is 0.172. The number of halogens is 1. The number of nitrogens with one attached hydrogen (secondary N) is 1. The van der Waals surface area contributed by atoms with Gasteiger partial charge in [0.05, 0.1) is 5.56 Å². The number of carbonyl (C=O) groups is 1. The Hall–Kier alpha value is -1.42. The molecule has 1 heterocycles. The van der Waals surface area contributed by atoms with Crippen molar-refractivity contribution >= 4 is 5.91 Å².